The zero-order valence-electron chi connectivity index (χ0n) is 19.4. The van der Waals surface area contributed by atoms with Crippen LogP contribution in [0.5, 0.6) is 5.75 Å². The van der Waals surface area contributed by atoms with E-state index in [1.807, 2.05) is 19.1 Å². The van der Waals surface area contributed by atoms with Crippen molar-refractivity contribution in [3.8, 4) is 5.75 Å². The van der Waals surface area contributed by atoms with E-state index in [9.17, 15) is 27.6 Å². The van der Waals surface area contributed by atoms with Gasteiger partial charge in [0.2, 0.25) is 5.62 Å². The van der Waals surface area contributed by atoms with Crippen LogP contribution in [0.4, 0.5) is 18.9 Å². The Kier molecular flexibility index (Phi) is 8.08. The summed E-state index contributed by atoms with van der Waals surface area (Å²) < 4.78 is 48.1. The summed E-state index contributed by atoms with van der Waals surface area (Å²) in [5, 5.41) is -0.374. The number of alkyl halides is 3. The number of benzene rings is 2. The van der Waals surface area contributed by atoms with E-state index in [1.54, 1.807) is 12.1 Å². The molecule has 0 aliphatic carbocycles. The number of methoxy groups -OCH3 is 1. The van der Waals surface area contributed by atoms with Gasteiger partial charge in [-0.1, -0.05) is 48.4 Å². The van der Waals surface area contributed by atoms with Gasteiger partial charge >= 0.3 is 23.7 Å². The van der Waals surface area contributed by atoms with Gasteiger partial charge in [0.25, 0.3) is 0 Å². The summed E-state index contributed by atoms with van der Waals surface area (Å²) in [5.74, 6) is -2.02. The highest BCUT2D eigenvalue weighted by molar-refractivity contribution is 6.32. The molecule has 1 aromatic heterocycles. The van der Waals surface area contributed by atoms with Crippen LogP contribution in [0.2, 0.25) is 5.02 Å². The molecule has 1 atom stereocenters. The molecule has 0 fully saturated rings. The zero-order chi connectivity index (χ0) is 26.6. The lowest BCUT2D eigenvalue weighted by atomic mass is 10.1. The summed E-state index contributed by atoms with van der Waals surface area (Å²) in [6, 6.07) is 10.5. The standard InChI is InChI=1S/C23H22ClF3N4O5/c1-13-4-6-15(7-5-13)12-30-20(28-16-8-9-18(17(24)10-16)36-23(25,26)27)29-21(33)31(22(30)34)11-14(2)19(32)35-3/h4-10,14H,11-12H2,1-3H3,(H,28,29,33)/t14-/m0/s1. The van der Waals surface area contributed by atoms with Crippen molar-refractivity contribution in [3.63, 3.8) is 0 Å². The number of hydrogen-bond acceptors (Lipinski definition) is 6. The fourth-order valence-corrected chi connectivity index (χ4v) is 3.47. The van der Waals surface area contributed by atoms with Crippen molar-refractivity contribution >= 4 is 23.3 Å². The highest BCUT2D eigenvalue weighted by Gasteiger charge is 2.32. The summed E-state index contributed by atoms with van der Waals surface area (Å²) in [7, 11) is 1.20. The summed E-state index contributed by atoms with van der Waals surface area (Å²) in [6.45, 7) is 3.16. The molecule has 0 aliphatic heterocycles. The molecule has 1 N–H and O–H groups in total. The lowest BCUT2D eigenvalue weighted by molar-refractivity contribution is -0.274. The van der Waals surface area contributed by atoms with Gasteiger partial charge < -0.3 is 9.47 Å². The fourth-order valence-electron chi connectivity index (χ4n) is 3.26. The minimum atomic E-state index is -4.93. The second-order valence-corrected chi connectivity index (χ2v) is 8.32. The number of carbonyl (C=O) groups excluding carboxylic acids is 1. The molecule has 0 spiro atoms. The van der Waals surface area contributed by atoms with Crippen LogP contribution in [0.1, 0.15) is 18.1 Å². The third kappa shape index (κ3) is 6.66. The van der Waals surface area contributed by atoms with Crippen molar-refractivity contribution in [2.75, 3.05) is 7.11 Å². The molecule has 2 aromatic carbocycles. The van der Waals surface area contributed by atoms with Crippen LogP contribution < -0.4 is 21.7 Å². The Bertz CT molecular complexity index is 1440. The van der Waals surface area contributed by atoms with E-state index in [2.05, 4.69) is 19.5 Å². The molecule has 0 bridgehead atoms. The van der Waals surface area contributed by atoms with E-state index >= 15 is 0 Å². The van der Waals surface area contributed by atoms with Crippen LogP contribution in [0.3, 0.4) is 0 Å². The summed E-state index contributed by atoms with van der Waals surface area (Å²) in [5.41, 5.74) is 0.00622. The Morgan fingerprint density at radius 2 is 1.81 bits per heavy atom. The number of carbonyl (C=O) groups is 1. The van der Waals surface area contributed by atoms with Gasteiger partial charge in [0.15, 0.2) is 0 Å². The molecule has 0 amide bonds. The number of aryl methyl sites for hydroxylation is 1. The molecule has 0 saturated heterocycles. The molecular formula is C23H22ClF3N4O5. The number of nitrogens with zero attached hydrogens (tertiary/aromatic N) is 3. The number of hydrogen-bond donors (Lipinski definition) is 1. The second-order valence-electron chi connectivity index (χ2n) is 7.92. The first-order valence-electron chi connectivity index (χ1n) is 10.6. The Balaban J connectivity index is 2.14. The molecule has 0 aliphatic rings. The van der Waals surface area contributed by atoms with Gasteiger partial charge in [0, 0.05) is 6.54 Å². The molecule has 3 aromatic rings. The Labute approximate surface area is 207 Å². The maximum Gasteiger partial charge on any atom is 0.573 e. The van der Waals surface area contributed by atoms with Crippen molar-refractivity contribution in [3.05, 3.63) is 85.2 Å². The molecule has 13 heteroatoms. The second kappa shape index (κ2) is 10.9. The van der Waals surface area contributed by atoms with Gasteiger partial charge in [0.1, 0.15) is 5.75 Å². The molecule has 3 rings (SSSR count). The van der Waals surface area contributed by atoms with Crippen molar-refractivity contribution in [2.24, 2.45) is 10.9 Å². The highest BCUT2D eigenvalue weighted by Crippen LogP contribution is 2.32. The molecule has 0 saturated carbocycles. The number of H-pyrrole nitrogens is 1. The highest BCUT2D eigenvalue weighted by atomic mass is 35.5. The molecule has 1 heterocycles. The number of halogens is 4. The molecule has 0 radical (unpaired) electrons. The maximum atomic E-state index is 13.3. The van der Waals surface area contributed by atoms with Gasteiger partial charge in [-0.15, -0.1) is 13.2 Å². The van der Waals surface area contributed by atoms with Crippen LogP contribution in [0.25, 0.3) is 0 Å². The topological polar surface area (TPSA) is 108 Å². The van der Waals surface area contributed by atoms with E-state index < -0.39 is 35.4 Å². The van der Waals surface area contributed by atoms with Crippen molar-refractivity contribution in [2.45, 2.75) is 33.3 Å². The number of rotatable bonds is 7. The number of esters is 1. The molecular weight excluding hydrogens is 505 g/mol. The number of nitrogens with one attached hydrogen (secondary N) is 1. The summed E-state index contributed by atoms with van der Waals surface area (Å²) >= 11 is 5.90. The van der Waals surface area contributed by atoms with E-state index in [0.29, 0.717) is 5.56 Å². The molecule has 0 unspecified atom stereocenters. The smallest absolute Gasteiger partial charge is 0.469 e. The van der Waals surface area contributed by atoms with E-state index in [1.165, 1.54) is 24.7 Å². The van der Waals surface area contributed by atoms with E-state index in [-0.39, 0.29) is 29.4 Å². The third-order valence-corrected chi connectivity index (χ3v) is 5.37. The predicted octanol–water partition coefficient (Wildman–Crippen LogP) is 3.29. The quantitative estimate of drug-likeness (QED) is 0.475. The average Bonchev–Trinajstić information content (AvgIpc) is 2.80. The van der Waals surface area contributed by atoms with E-state index in [4.69, 9.17) is 11.6 Å². The van der Waals surface area contributed by atoms with Gasteiger partial charge in [-0.05, 0) is 30.7 Å². The van der Waals surface area contributed by atoms with Crippen molar-refractivity contribution < 1.29 is 27.4 Å². The van der Waals surface area contributed by atoms with Gasteiger partial charge in [-0.3, -0.25) is 14.3 Å². The Hall–Kier alpha value is -3.80. The van der Waals surface area contributed by atoms with Crippen LogP contribution in [0, 0.1) is 12.8 Å². The van der Waals surface area contributed by atoms with Gasteiger partial charge in [-0.25, -0.2) is 19.1 Å². The Morgan fingerprint density at radius 1 is 1.14 bits per heavy atom. The normalized spacial score (nSPS) is 12.9. The Morgan fingerprint density at radius 3 is 2.39 bits per heavy atom. The molecule has 192 valence electrons. The SMILES string of the molecule is COC(=O)[C@@H](C)Cn1c(=O)[nH]/c(=N\c2ccc(OC(F)(F)F)c(Cl)c2)n(Cc2ccc(C)cc2)c1=O. The largest absolute Gasteiger partial charge is 0.573 e. The van der Waals surface area contributed by atoms with Gasteiger partial charge in [0.05, 0.1) is 30.3 Å². The fraction of sp³-hybridized carbons (Fsp3) is 0.304. The summed E-state index contributed by atoms with van der Waals surface area (Å²) in [6.07, 6.45) is -4.93. The average molecular weight is 527 g/mol. The number of aromatic nitrogens is 3. The number of aromatic amines is 1. The monoisotopic (exact) mass is 526 g/mol. The lowest BCUT2D eigenvalue weighted by Crippen LogP contribution is -2.51. The van der Waals surface area contributed by atoms with Crippen LogP contribution in [-0.4, -0.2) is 33.6 Å². The molecule has 9 nitrogen and oxygen atoms in total. The zero-order valence-corrected chi connectivity index (χ0v) is 20.2. The van der Waals surface area contributed by atoms with Crippen LogP contribution >= 0.6 is 11.6 Å². The van der Waals surface area contributed by atoms with Crippen LogP contribution in [0.15, 0.2) is 57.0 Å². The van der Waals surface area contributed by atoms with Crippen molar-refractivity contribution in [1.82, 2.24) is 14.1 Å². The maximum absolute atomic E-state index is 13.3. The van der Waals surface area contributed by atoms with Crippen molar-refractivity contribution in [1.29, 1.82) is 0 Å². The third-order valence-electron chi connectivity index (χ3n) is 5.08. The van der Waals surface area contributed by atoms with E-state index in [0.717, 1.165) is 22.3 Å². The minimum Gasteiger partial charge on any atom is -0.469 e. The first-order chi connectivity index (χ1) is 16.9. The first-order valence-corrected chi connectivity index (χ1v) is 10.9. The summed E-state index contributed by atoms with van der Waals surface area (Å²) in [4.78, 5) is 44.6. The number of ether oxygens (including phenoxy) is 2. The minimum absolute atomic E-state index is 0.00430. The van der Waals surface area contributed by atoms with Gasteiger partial charge in [-0.2, -0.15) is 0 Å². The predicted molar refractivity (Wildman–Crippen MR) is 124 cm³/mol. The van der Waals surface area contributed by atoms with Crippen LogP contribution in [-0.2, 0) is 22.6 Å². The lowest BCUT2D eigenvalue weighted by Gasteiger charge is -2.14. The first kappa shape index (κ1) is 26.8. The molecule has 36 heavy (non-hydrogen) atoms.